The molecule has 3 heteroatoms. The van der Waals surface area contributed by atoms with E-state index in [9.17, 15) is 9.18 Å². The standard InChI is InChI=1S/C10H11FO2/c1-10(2,11)9(12)13-8-6-4-3-5-7-8/h3-7H,1-2H3. The van der Waals surface area contributed by atoms with Crippen molar-refractivity contribution in [3.05, 3.63) is 30.3 Å². The van der Waals surface area contributed by atoms with Crippen LogP contribution in [0.2, 0.25) is 0 Å². The number of hydrogen-bond acceptors (Lipinski definition) is 2. The first-order valence-corrected chi connectivity index (χ1v) is 3.96. The van der Waals surface area contributed by atoms with Gasteiger partial charge >= 0.3 is 5.97 Å². The molecule has 0 N–H and O–H groups in total. The van der Waals surface area contributed by atoms with E-state index in [0.717, 1.165) is 13.8 Å². The average molecular weight is 182 g/mol. The summed E-state index contributed by atoms with van der Waals surface area (Å²) in [6.07, 6.45) is 0. The smallest absolute Gasteiger partial charge is 0.348 e. The van der Waals surface area contributed by atoms with E-state index in [0.29, 0.717) is 5.75 Å². The first-order chi connectivity index (χ1) is 6.00. The summed E-state index contributed by atoms with van der Waals surface area (Å²) in [5.74, 6) is -0.517. The molecule has 0 atom stereocenters. The lowest BCUT2D eigenvalue weighted by Gasteiger charge is -2.12. The average Bonchev–Trinajstić information content (AvgIpc) is 2.04. The van der Waals surface area contributed by atoms with Gasteiger partial charge in [-0.3, -0.25) is 0 Å². The van der Waals surface area contributed by atoms with Crippen molar-refractivity contribution in [2.75, 3.05) is 0 Å². The molecule has 1 rings (SSSR count). The molecule has 0 aromatic heterocycles. The quantitative estimate of drug-likeness (QED) is 0.518. The minimum absolute atomic E-state index is 0.359. The summed E-state index contributed by atoms with van der Waals surface area (Å²) in [6.45, 7) is 2.33. The summed E-state index contributed by atoms with van der Waals surface area (Å²) in [4.78, 5) is 11.0. The molecule has 0 unspecified atom stereocenters. The van der Waals surface area contributed by atoms with Crippen molar-refractivity contribution in [2.24, 2.45) is 0 Å². The Morgan fingerprint density at radius 2 is 1.85 bits per heavy atom. The van der Waals surface area contributed by atoms with E-state index in [-0.39, 0.29) is 0 Å². The van der Waals surface area contributed by atoms with Crippen LogP contribution in [-0.4, -0.2) is 11.6 Å². The number of carbonyl (C=O) groups is 1. The first-order valence-electron chi connectivity index (χ1n) is 3.96. The third-order valence-corrected chi connectivity index (χ3v) is 1.44. The van der Waals surface area contributed by atoms with Crippen LogP contribution in [0.1, 0.15) is 13.8 Å². The van der Waals surface area contributed by atoms with Gasteiger partial charge in [0.25, 0.3) is 0 Å². The van der Waals surface area contributed by atoms with Crippen LogP contribution >= 0.6 is 0 Å². The Morgan fingerprint density at radius 3 is 2.31 bits per heavy atom. The number of alkyl halides is 1. The molecule has 0 saturated heterocycles. The van der Waals surface area contributed by atoms with Crippen LogP contribution in [0, 0.1) is 0 Å². The molecule has 1 aromatic carbocycles. The Labute approximate surface area is 76.3 Å². The van der Waals surface area contributed by atoms with Crippen molar-refractivity contribution in [3.8, 4) is 5.75 Å². The number of esters is 1. The number of hydrogen-bond donors (Lipinski definition) is 0. The van der Waals surface area contributed by atoms with Crippen molar-refractivity contribution in [3.63, 3.8) is 0 Å². The molecular formula is C10H11FO2. The molecule has 0 aliphatic rings. The minimum atomic E-state index is -1.95. The number of rotatable bonds is 2. The van der Waals surface area contributed by atoms with E-state index in [1.54, 1.807) is 30.3 Å². The molecule has 0 fully saturated rings. The molecule has 0 heterocycles. The molecular weight excluding hydrogens is 171 g/mol. The fourth-order valence-corrected chi connectivity index (χ4v) is 0.717. The van der Waals surface area contributed by atoms with Crippen molar-refractivity contribution >= 4 is 5.97 Å². The van der Waals surface area contributed by atoms with Crippen LogP contribution < -0.4 is 4.74 Å². The summed E-state index contributed by atoms with van der Waals surface area (Å²) in [5, 5.41) is 0. The monoisotopic (exact) mass is 182 g/mol. The van der Waals surface area contributed by atoms with Crippen LogP contribution in [0.4, 0.5) is 4.39 Å². The van der Waals surface area contributed by atoms with Gasteiger partial charge in [0.2, 0.25) is 5.67 Å². The molecule has 13 heavy (non-hydrogen) atoms. The maximum Gasteiger partial charge on any atom is 0.348 e. The number of para-hydroxylation sites is 1. The largest absolute Gasteiger partial charge is 0.424 e. The van der Waals surface area contributed by atoms with E-state index < -0.39 is 11.6 Å². The molecule has 0 spiro atoms. The van der Waals surface area contributed by atoms with Gasteiger partial charge in [-0.2, -0.15) is 0 Å². The van der Waals surface area contributed by atoms with Crippen LogP contribution in [-0.2, 0) is 4.79 Å². The molecule has 70 valence electrons. The lowest BCUT2D eigenvalue weighted by Crippen LogP contribution is -2.30. The highest BCUT2D eigenvalue weighted by atomic mass is 19.1. The molecule has 0 saturated carbocycles. The highest BCUT2D eigenvalue weighted by molar-refractivity contribution is 5.80. The van der Waals surface area contributed by atoms with Crippen molar-refractivity contribution < 1.29 is 13.9 Å². The fourth-order valence-electron chi connectivity index (χ4n) is 0.717. The summed E-state index contributed by atoms with van der Waals surface area (Å²) >= 11 is 0. The maximum absolute atomic E-state index is 13.0. The normalized spacial score (nSPS) is 11.0. The predicted octanol–water partition coefficient (Wildman–Crippen LogP) is 2.34. The van der Waals surface area contributed by atoms with Gasteiger partial charge in [-0.05, 0) is 26.0 Å². The first kappa shape index (κ1) is 9.71. The van der Waals surface area contributed by atoms with Crippen LogP contribution in [0.25, 0.3) is 0 Å². The topological polar surface area (TPSA) is 26.3 Å². The fraction of sp³-hybridized carbons (Fsp3) is 0.300. The van der Waals surface area contributed by atoms with Gasteiger partial charge in [0, 0.05) is 0 Å². The Balaban J connectivity index is 2.66. The Hall–Kier alpha value is -1.38. The second kappa shape index (κ2) is 3.56. The molecule has 1 aromatic rings. The lowest BCUT2D eigenvalue weighted by molar-refractivity contribution is -0.145. The van der Waals surface area contributed by atoms with Crippen molar-refractivity contribution in [1.29, 1.82) is 0 Å². The Bertz CT molecular complexity index is 288. The molecule has 0 aliphatic heterocycles. The SMILES string of the molecule is CC(C)(F)C(=O)Oc1ccccc1. The van der Waals surface area contributed by atoms with Crippen LogP contribution in [0.15, 0.2) is 30.3 Å². The van der Waals surface area contributed by atoms with Gasteiger partial charge in [-0.15, -0.1) is 0 Å². The van der Waals surface area contributed by atoms with Gasteiger partial charge in [-0.25, -0.2) is 9.18 Å². The maximum atomic E-state index is 13.0. The molecule has 0 radical (unpaired) electrons. The van der Waals surface area contributed by atoms with Gasteiger partial charge in [0.15, 0.2) is 0 Å². The molecule has 2 nitrogen and oxygen atoms in total. The van der Waals surface area contributed by atoms with Gasteiger partial charge in [0.1, 0.15) is 5.75 Å². The van der Waals surface area contributed by atoms with E-state index in [4.69, 9.17) is 4.74 Å². The van der Waals surface area contributed by atoms with E-state index in [2.05, 4.69) is 0 Å². The third-order valence-electron chi connectivity index (χ3n) is 1.44. The van der Waals surface area contributed by atoms with E-state index in [1.165, 1.54) is 0 Å². The molecule has 0 bridgehead atoms. The summed E-state index contributed by atoms with van der Waals surface area (Å²) in [6, 6.07) is 8.42. The van der Waals surface area contributed by atoms with Gasteiger partial charge in [0.05, 0.1) is 0 Å². The van der Waals surface area contributed by atoms with E-state index in [1.807, 2.05) is 0 Å². The number of carbonyl (C=O) groups excluding carboxylic acids is 1. The summed E-state index contributed by atoms with van der Waals surface area (Å²) in [5.41, 5.74) is -1.95. The van der Waals surface area contributed by atoms with Crippen LogP contribution in [0.5, 0.6) is 5.75 Å². The third kappa shape index (κ3) is 2.86. The zero-order valence-electron chi connectivity index (χ0n) is 7.58. The minimum Gasteiger partial charge on any atom is -0.424 e. The number of ether oxygens (including phenoxy) is 1. The second-order valence-electron chi connectivity index (χ2n) is 3.18. The van der Waals surface area contributed by atoms with Crippen molar-refractivity contribution in [1.82, 2.24) is 0 Å². The van der Waals surface area contributed by atoms with E-state index >= 15 is 0 Å². The summed E-state index contributed by atoms with van der Waals surface area (Å²) in [7, 11) is 0. The molecule has 0 amide bonds. The van der Waals surface area contributed by atoms with Gasteiger partial charge in [-0.1, -0.05) is 18.2 Å². The Kier molecular flexibility index (Phi) is 2.66. The number of halogens is 1. The summed E-state index contributed by atoms with van der Waals surface area (Å²) < 4.78 is 17.8. The second-order valence-corrected chi connectivity index (χ2v) is 3.18. The molecule has 0 aliphatic carbocycles. The van der Waals surface area contributed by atoms with Crippen molar-refractivity contribution in [2.45, 2.75) is 19.5 Å². The highest BCUT2D eigenvalue weighted by Gasteiger charge is 2.28. The van der Waals surface area contributed by atoms with Crippen LogP contribution in [0.3, 0.4) is 0 Å². The van der Waals surface area contributed by atoms with Gasteiger partial charge < -0.3 is 4.74 Å². The highest BCUT2D eigenvalue weighted by Crippen LogP contribution is 2.15. The Morgan fingerprint density at radius 1 is 1.31 bits per heavy atom. The lowest BCUT2D eigenvalue weighted by atomic mass is 10.2. The number of benzene rings is 1. The zero-order chi connectivity index (χ0) is 9.90. The predicted molar refractivity (Wildman–Crippen MR) is 47.3 cm³/mol. The zero-order valence-corrected chi connectivity index (χ0v) is 7.58.